The molecule has 0 N–H and O–H groups in total. The van der Waals surface area contributed by atoms with E-state index >= 15 is 0 Å². The molecule has 1 aromatic carbocycles. The number of halogens is 2. The molecule has 0 saturated heterocycles. The van der Waals surface area contributed by atoms with Gasteiger partial charge in [0.25, 0.3) is 0 Å². The van der Waals surface area contributed by atoms with Gasteiger partial charge in [0.05, 0.1) is 4.47 Å². The third-order valence-electron chi connectivity index (χ3n) is 1.23. The van der Waals surface area contributed by atoms with Crippen LogP contribution in [0.15, 0.2) is 27.1 Å². The Balaban J connectivity index is 2.75. The highest BCUT2D eigenvalue weighted by Gasteiger charge is 2.00. The molecule has 1 aromatic rings. The molecule has 0 atom stereocenters. The van der Waals surface area contributed by atoms with Crippen molar-refractivity contribution in [2.75, 3.05) is 13.9 Å². The highest BCUT2D eigenvalue weighted by molar-refractivity contribution is 9.11. The molecule has 0 saturated carbocycles. The van der Waals surface area contributed by atoms with Gasteiger partial charge in [-0.25, -0.2) is 0 Å². The molecule has 0 heterocycles. The Morgan fingerprint density at radius 2 is 2.08 bits per heavy atom. The number of hydrogen-bond donors (Lipinski definition) is 0. The smallest absolute Gasteiger partial charge is 0.188 e. The van der Waals surface area contributed by atoms with Crippen molar-refractivity contribution >= 4 is 31.9 Å². The highest BCUT2D eigenvalue weighted by Crippen LogP contribution is 2.28. The molecule has 4 heteroatoms. The fourth-order valence-electron chi connectivity index (χ4n) is 0.710. The molecule has 0 spiro atoms. The molecule has 0 radical (unpaired) electrons. The molecule has 12 heavy (non-hydrogen) atoms. The first-order valence-corrected chi connectivity index (χ1v) is 4.89. The fraction of sp³-hybridized carbons (Fsp3) is 0.250. The van der Waals surface area contributed by atoms with E-state index in [4.69, 9.17) is 9.47 Å². The van der Waals surface area contributed by atoms with E-state index in [1.807, 2.05) is 18.2 Å². The quantitative estimate of drug-likeness (QED) is 0.797. The van der Waals surface area contributed by atoms with E-state index in [2.05, 4.69) is 31.9 Å². The summed E-state index contributed by atoms with van der Waals surface area (Å²) in [7, 11) is 1.59. The van der Waals surface area contributed by atoms with Crippen molar-refractivity contribution in [2.24, 2.45) is 0 Å². The van der Waals surface area contributed by atoms with Crippen LogP contribution in [0.3, 0.4) is 0 Å². The lowest BCUT2D eigenvalue weighted by Gasteiger charge is -2.06. The van der Waals surface area contributed by atoms with Crippen molar-refractivity contribution in [1.29, 1.82) is 0 Å². The third kappa shape index (κ3) is 2.77. The first-order chi connectivity index (χ1) is 5.74. The van der Waals surface area contributed by atoms with Gasteiger partial charge in [-0.05, 0) is 34.1 Å². The van der Waals surface area contributed by atoms with Crippen molar-refractivity contribution in [1.82, 2.24) is 0 Å². The Kier molecular flexibility index (Phi) is 4.05. The van der Waals surface area contributed by atoms with E-state index in [1.165, 1.54) is 0 Å². The third-order valence-corrected chi connectivity index (χ3v) is 2.37. The second-order valence-corrected chi connectivity index (χ2v) is 3.90. The summed E-state index contributed by atoms with van der Waals surface area (Å²) in [5.41, 5.74) is 0. The fourth-order valence-corrected chi connectivity index (χ4v) is 1.41. The van der Waals surface area contributed by atoms with Crippen LogP contribution in [0.5, 0.6) is 5.75 Å². The van der Waals surface area contributed by atoms with Crippen molar-refractivity contribution in [2.45, 2.75) is 0 Å². The minimum atomic E-state index is 0.259. The lowest BCUT2D eigenvalue weighted by Crippen LogP contribution is -1.99. The summed E-state index contributed by atoms with van der Waals surface area (Å²) in [5, 5.41) is 0. The van der Waals surface area contributed by atoms with Crippen LogP contribution < -0.4 is 4.74 Å². The van der Waals surface area contributed by atoms with Crippen LogP contribution in [0.2, 0.25) is 0 Å². The minimum Gasteiger partial charge on any atom is -0.466 e. The minimum absolute atomic E-state index is 0.259. The van der Waals surface area contributed by atoms with Gasteiger partial charge in [-0.1, -0.05) is 15.9 Å². The zero-order valence-corrected chi connectivity index (χ0v) is 9.68. The summed E-state index contributed by atoms with van der Waals surface area (Å²) in [4.78, 5) is 0. The number of rotatable bonds is 3. The maximum atomic E-state index is 5.27. The van der Waals surface area contributed by atoms with Gasteiger partial charge in [0.15, 0.2) is 6.79 Å². The molecule has 1 rings (SSSR count). The van der Waals surface area contributed by atoms with Crippen LogP contribution in [0.4, 0.5) is 0 Å². The van der Waals surface area contributed by atoms with E-state index in [0.29, 0.717) is 0 Å². The molecule has 0 aliphatic heterocycles. The van der Waals surface area contributed by atoms with Crippen LogP contribution in [0.25, 0.3) is 0 Å². The molecule has 0 fully saturated rings. The number of hydrogen-bond acceptors (Lipinski definition) is 2. The monoisotopic (exact) mass is 294 g/mol. The lowest BCUT2D eigenvalue weighted by molar-refractivity contribution is 0.0505. The molecule has 0 aliphatic rings. The van der Waals surface area contributed by atoms with E-state index in [0.717, 1.165) is 14.7 Å². The Hall–Kier alpha value is -0.0600. The molecular weight excluding hydrogens is 288 g/mol. The molecule has 2 nitrogen and oxygen atoms in total. The molecule has 0 aromatic heterocycles. The standard InChI is InChI=1S/C8H8Br2O2/c1-11-5-12-8-4-6(9)2-3-7(8)10/h2-4H,5H2,1H3. The van der Waals surface area contributed by atoms with Gasteiger partial charge in [-0.3, -0.25) is 0 Å². The zero-order valence-electron chi connectivity index (χ0n) is 6.51. The molecule has 0 amide bonds. The van der Waals surface area contributed by atoms with E-state index in [-0.39, 0.29) is 6.79 Å². The average Bonchev–Trinajstić information content (AvgIpc) is 2.07. The topological polar surface area (TPSA) is 18.5 Å². The largest absolute Gasteiger partial charge is 0.466 e. The second-order valence-electron chi connectivity index (χ2n) is 2.13. The average molecular weight is 296 g/mol. The van der Waals surface area contributed by atoms with Gasteiger partial charge < -0.3 is 9.47 Å². The van der Waals surface area contributed by atoms with Gasteiger partial charge in [-0.15, -0.1) is 0 Å². The predicted octanol–water partition coefficient (Wildman–Crippen LogP) is 3.19. The predicted molar refractivity (Wildman–Crippen MR) is 54.3 cm³/mol. The molecular formula is C8H8Br2O2. The Bertz CT molecular complexity index is 263. The number of methoxy groups -OCH3 is 1. The maximum Gasteiger partial charge on any atom is 0.188 e. The molecule has 0 unspecified atom stereocenters. The van der Waals surface area contributed by atoms with Gasteiger partial charge in [0.1, 0.15) is 5.75 Å². The Morgan fingerprint density at radius 1 is 1.33 bits per heavy atom. The van der Waals surface area contributed by atoms with E-state index in [1.54, 1.807) is 7.11 Å². The highest BCUT2D eigenvalue weighted by atomic mass is 79.9. The Labute approximate surface area is 88.1 Å². The number of benzene rings is 1. The van der Waals surface area contributed by atoms with Crippen LogP contribution in [0, 0.1) is 0 Å². The first kappa shape index (κ1) is 10.0. The van der Waals surface area contributed by atoms with Gasteiger partial charge >= 0.3 is 0 Å². The number of ether oxygens (including phenoxy) is 2. The summed E-state index contributed by atoms with van der Waals surface area (Å²) in [6, 6.07) is 5.72. The zero-order chi connectivity index (χ0) is 8.97. The summed E-state index contributed by atoms with van der Waals surface area (Å²) >= 11 is 6.71. The van der Waals surface area contributed by atoms with Crippen LogP contribution in [-0.4, -0.2) is 13.9 Å². The van der Waals surface area contributed by atoms with Crippen LogP contribution in [0.1, 0.15) is 0 Å². The normalized spacial score (nSPS) is 9.92. The van der Waals surface area contributed by atoms with Gasteiger partial charge in [-0.2, -0.15) is 0 Å². The van der Waals surface area contributed by atoms with Crippen molar-refractivity contribution < 1.29 is 9.47 Å². The van der Waals surface area contributed by atoms with Crippen molar-refractivity contribution in [3.63, 3.8) is 0 Å². The van der Waals surface area contributed by atoms with Gasteiger partial charge in [0.2, 0.25) is 0 Å². The molecule has 0 aliphatic carbocycles. The molecule has 0 bridgehead atoms. The second kappa shape index (κ2) is 4.84. The summed E-state index contributed by atoms with van der Waals surface area (Å²) in [6.45, 7) is 0.259. The Morgan fingerprint density at radius 3 is 2.75 bits per heavy atom. The van der Waals surface area contributed by atoms with Crippen molar-refractivity contribution in [3.05, 3.63) is 27.1 Å². The van der Waals surface area contributed by atoms with E-state index in [9.17, 15) is 0 Å². The maximum absolute atomic E-state index is 5.27. The summed E-state index contributed by atoms with van der Waals surface area (Å²) in [5.74, 6) is 0.770. The summed E-state index contributed by atoms with van der Waals surface area (Å²) in [6.07, 6.45) is 0. The molecule has 66 valence electrons. The SMILES string of the molecule is COCOc1cc(Br)ccc1Br. The lowest BCUT2D eigenvalue weighted by atomic mass is 10.3. The van der Waals surface area contributed by atoms with Gasteiger partial charge in [0, 0.05) is 11.6 Å². The van der Waals surface area contributed by atoms with Crippen LogP contribution >= 0.6 is 31.9 Å². The summed E-state index contributed by atoms with van der Waals surface area (Å²) < 4.78 is 12.0. The first-order valence-electron chi connectivity index (χ1n) is 3.31. The van der Waals surface area contributed by atoms with E-state index < -0.39 is 0 Å². The van der Waals surface area contributed by atoms with Crippen LogP contribution in [-0.2, 0) is 4.74 Å². The van der Waals surface area contributed by atoms with Crippen molar-refractivity contribution in [3.8, 4) is 5.75 Å².